The molecule has 0 saturated heterocycles. The van der Waals surface area contributed by atoms with Gasteiger partial charge in [-0.25, -0.2) is 0 Å². The molecule has 0 aromatic heterocycles. The van der Waals surface area contributed by atoms with Crippen molar-refractivity contribution in [1.29, 1.82) is 0 Å². The van der Waals surface area contributed by atoms with Gasteiger partial charge >= 0.3 is 5.92 Å². The van der Waals surface area contributed by atoms with E-state index in [2.05, 4.69) is 0 Å². The summed E-state index contributed by atoms with van der Waals surface area (Å²) in [6.45, 7) is 2.60. The number of Topliss-reactive ketones (excluding diaryl/α,β-unsaturated/α-hetero) is 1. The Bertz CT molecular complexity index is 375. The van der Waals surface area contributed by atoms with Crippen molar-refractivity contribution in [1.82, 2.24) is 0 Å². The lowest BCUT2D eigenvalue weighted by Gasteiger charge is -2.19. The molecule has 0 atom stereocenters. The molecule has 0 heterocycles. The fourth-order valence-electron chi connectivity index (χ4n) is 1.09. The van der Waals surface area contributed by atoms with E-state index < -0.39 is 17.6 Å². The van der Waals surface area contributed by atoms with Gasteiger partial charge in [0.1, 0.15) is 0 Å². The summed E-state index contributed by atoms with van der Waals surface area (Å²) in [6.07, 6.45) is 0. The minimum absolute atomic E-state index is 0.0582. The van der Waals surface area contributed by atoms with Gasteiger partial charge in [-0.15, -0.1) is 0 Å². The van der Waals surface area contributed by atoms with Crippen LogP contribution in [0.2, 0.25) is 5.02 Å². The van der Waals surface area contributed by atoms with Crippen LogP contribution in [0.15, 0.2) is 24.3 Å². The van der Waals surface area contributed by atoms with E-state index in [1.54, 1.807) is 6.07 Å². The summed E-state index contributed by atoms with van der Waals surface area (Å²) >= 11 is 5.68. The Morgan fingerprint density at radius 2 is 1.87 bits per heavy atom. The fraction of sp³-hybridized carbons (Fsp3) is 0.364. The third-order valence-corrected chi connectivity index (χ3v) is 2.48. The molecule has 0 saturated carbocycles. The molecule has 1 aromatic rings. The average Bonchev–Trinajstić information content (AvgIpc) is 2.17. The van der Waals surface area contributed by atoms with Crippen LogP contribution in [0.5, 0.6) is 0 Å². The molecule has 0 amide bonds. The van der Waals surface area contributed by atoms with Gasteiger partial charge < -0.3 is 0 Å². The monoisotopic (exact) mass is 232 g/mol. The summed E-state index contributed by atoms with van der Waals surface area (Å²) in [5.41, 5.74) is -0.127. The molecule has 0 radical (unpaired) electrons. The number of benzene rings is 1. The fourth-order valence-corrected chi connectivity index (χ4v) is 1.31. The van der Waals surface area contributed by atoms with E-state index in [1.165, 1.54) is 32.0 Å². The van der Waals surface area contributed by atoms with Crippen LogP contribution < -0.4 is 0 Å². The number of carbonyl (C=O) groups excluding carboxylic acids is 1. The van der Waals surface area contributed by atoms with Crippen LogP contribution >= 0.6 is 11.6 Å². The molecule has 4 heteroatoms. The molecule has 0 spiro atoms. The van der Waals surface area contributed by atoms with E-state index in [-0.39, 0.29) is 10.6 Å². The smallest absolute Gasteiger partial charge is 0.287 e. The first-order valence-electron chi connectivity index (χ1n) is 4.54. The summed E-state index contributed by atoms with van der Waals surface area (Å²) in [6, 6.07) is 5.83. The van der Waals surface area contributed by atoms with E-state index >= 15 is 0 Å². The molecule has 0 bridgehead atoms. The van der Waals surface area contributed by atoms with Crippen LogP contribution in [0.3, 0.4) is 0 Å². The highest BCUT2D eigenvalue weighted by molar-refractivity contribution is 6.34. The van der Waals surface area contributed by atoms with Crippen molar-refractivity contribution in [3.05, 3.63) is 34.9 Å². The molecule has 0 aliphatic rings. The Labute approximate surface area is 92.1 Å². The maximum atomic E-state index is 13.4. The standard InChI is InChI=1S/C11H11ClF2O/c1-7(2)11(13,14)10(15)8-5-3-4-6-9(8)12/h3-7H,1-2H3. The van der Waals surface area contributed by atoms with Gasteiger partial charge in [-0.3, -0.25) is 4.79 Å². The average molecular weight is 233 g/mol. The van der Waals surface area contributed by atoms with Gasteiger partial charge in [0.05, 0.1) is 5.02 Å². The molecule has 0 fully saturated rings. The third kappa shape index (κ3) is 2.34. The van der Waals surface area contributed by atoms with Gasteiger partial charge in [0.25, 0.3) is 0 Å². The number of hydrogen-bond acceptors (Lipinski definition) is 1. The summed E-state index contributed by atoms with van der Waals surface area (Å²) in [4.78, 5) is 11.5. The van der Waals surface area contributed by atoms with Crippen LogP contribution in [-0.4, -0.2) is 11.7 Å². The normalized spacial score (nSPS) is 11.9. The first kappa shape index (κ1) is 12.1. The highest BCUT2D eigenvalue weighted by Crippen LogP contribution is 2.30. The zero-order valence-corrected chi connectivity index (χ0v) is 9.18. The predicted molar refractivity (Wildman–Crippen MR) is 55.6 cm³/mol. The zero-order valence-electron chi connectivity index (χ0n) is 8.43. The van der Waals surface area contributed by atoms with Crippen LogP contribution in [0, 0.1) is 5.92 Å². The Hall–Kier alpha value is -0.960. The Balaban J connectivity index is 3.11. The molecule has 82 valence electrons. The Kier molecular flexibility index (Phi) is 3.45. The highest BCUT2D eigenvalue weighted by atomic mass is 35.5. The van der Waals surface area contributed by atoms with Crippen LogP contribution in [0.25, 0.3) is 0 Å². The maximum Gasteiger partial charge on any atom is 0.312 e. The van der Waals surface area contributed by atoms with Crippen molar-refractivity contribution < 1.29 is 13.6 Å². The lowest BCUT2D eigenvalue weighted by Crippen LogP contribution is -2.34. The predicted octanol–water partition coefficient (Wildman–Crippen LogP) is 3.81. The summed E-state index contributed by atoms with van der Waals surface area (Å²) in [5.74, 6) is -5.63. The van der Waals surface area contributed by atoms with Gasteiger partial charge in [-0.2, -0.15) is 8.78 Å². The van der Waals surface area contributed by atoms with Crippen molar-refractivity contribution in [3.8, 4) is 0 Å². The third-order valence-electron chi connectivity index (χ3n) is 2.15. The largest absolute Gasteiger partial charge is 0.312 e. The molecule has 0 aliphatic carbocycles. The quantitative estimate of drug-likeness (QED) is 0.725. The van der Waals surface area contributed by atoms with E-state index in [4.69, 9.17) is 11.6 Å². The van der Waals surface area contributed by atoms with Crippen molar-refractivity contribution in [2.24, 2.45) is 5.92 Å². The second kappa shape index (κ2) is 4.27. The van der Waals surface area contributed by atoms with Crippen molar-refractivity contribution >= 4 is 17.4 Å². The number of halogens is 3. The molecule has 0 N–H and O–H groups in total. The van der Waals surface area contributed by atoms with Gasteiger partial charge in [0.15, 0.2) is 0 Å². The lowest BCUT2D eigenvalue weighted by molar-refractivity contribution is -0.0203. The maximum absolute atomic E-state index is 13.4. The minimum atomic E-state index is -3.37. The van der Waals surface area contributed by atoms with Crippen LogP contribution in [0.4, 0.5) is 8.78 Å². The van der Waals surface area contributed by atoms with E-state index in [9.17, 15) is 13.6 Å². The topological polar surface area (TPSA) is 17.1 Å². The van der Waals surface area contributed by atoms with Gasteiger partial charge in [0.2, 0.25) is 5.78 Å². The van der Waals surface area contributed by atoms with E-state index in [0.717, 1.165) is 0 Å². The second-order valence-electron chi connectivity index (χ2n) is 3.59. The Morgan fingerprint density at radius 1 is 1.33 bits per heavy atom. The molecular weight excluding hydrogens is 222 g/mol. The van der Waals surface area contributed by atoms with Gasteiger partial charge in [-0.1, -0.05) is 37.6 Å². The van der Waals surface area contributed by atoms with Gasteiger partial charge in [0, 0.05) is 11.5 Å². The van der Waals surface area contributed by atoms with Crippen molar-refractivity contribution in [3.63, 3.8) is 0 Å². The Morgan fingerprint density at radius 3 is 2.33 bits per heavy atom. The van der Waals surface area contributed by atoms with E-state index in [1.807, 2.05) is 0 Å². The van der Waals surface area contributed by atoms with Crippen LogP contribution in [-0.2, 0) is 0 Å². The minimum Gasteiger partial charge on any atom is -0.287 e. The molecule has 0 unspecified atom stereocenters. The SMILES string of the molecule is CC(C)C(F)(F)C(=O)c1ccccc1Cl. The van der Waals surface area contributed by atoms with E-state index in [0.29, 0.717) is 0 Å². The van der Waals surface area contributed by atoms with Crippen molar-refractivity contribution in [2.45, 2.75) is 19.8 Å². The first-order valence-corrected chi connectivity index (χ1v) is 4.92. The second-order valence-corrected chi connectivity index (χ2v) is 3.99. The van der Waals surface area contributed by atoms with Crippen LogP contribution in [0.1, 0.15) is 24.2 Å². The molecule has 15 heavy (non-hydrogen) atoms. The highest BCUT2D eigenvalue weighted by Gasteiger charge is 2.43. The number of rotatable bonds is 3. The summed E-state index contributed by atoms with van der Waals surface area (Å²) in [7, 11) is 0. The molecule has 1 nitrogen and oxygen atoms in total. The lowest BCUT2D eigenvalue weighted by atomic mass is 9.97. The number of carbonyl (C=O) groups is 1. The molecular formula is C11H11ClF2O. The molecule has 1 rings (SSSR count). The molecule has 1 aromatic carbocycles. The number of ketones is 1. The first-order chi connectivity index (χ1) is 6.87. The van der Waals surface area contributed by atoms with Gasteiger partial charge in [-0.05, 0) is 12.1 Å². The number of alkyl halides is 2. The molecule has 0 aliphatic heterocycles. The summed E-state index contributed by atoms with van der Waals surface area (Å²) < 4.78 is 26.8. The summed E-state index contributed by atoms with van der Waals surface area (Å²) in [5, 5.41) is 0.0582. The zero-order chi connectivity index (χ0) is 11.6. The van der Waals surface area contributed by atoms with Crippen molar-refractivity contribution in [2.75, 3.05) is 0 Å². The number of hydrogen-bond donors (Lipinski definition) is 0.